The number of fused-ring (bicyclic) bond motifs is 1. The highest BCUT2D eigenvalue weighted by molar-refractivity contribution is 6.34. The summed E-state index contributed by atoms with van der Waals surface area (Å²) in [6, 6.07) is 15.6. The number of nitrogens with zero attached hydrogens (tertiary/aromatic N) is 5. The highest BCUT2D eigenvalue weighted by atomic mass is 35.5. The molecular formula is C29H34Cl2N6O3. The SMILES string of the molecule is C=O.CCOC(=O)CN(C)c1ccc2c(ccn2-c2nccc(N3CCNCC3)n2)c1.Cc1cc(Cl)cc(Cl)c1. The topological polar surface area (TPSA) is 92.6 Å². The summed E-state index contributed by atoms with van der Waals surface area (Å²) >= 11 is 11.3. The van der Waals surface area contributed by atoms with E-state index < -0.39 is 0 Å². The highest BCUT2D eigenvalue weighted by Crippen LogP contribution is 2.25. The summed E-state index contributed by atoms with van der Waals surface area (Å²) in [4.78, 5) is 33.2. The van der Waals surface area contributed by atoms with Crippen LogP contribution >= 0.6 is 23.2 Å². The zero-order valence-corrected chi connectivity index (χ0v) is 24.5. The first-order valence-electron chi connectivity index (χ1n) is 12.8. The van der Waals surface area contributed by atoms with Gasteiger partial charge in [-0.15, -0.1) is 0 Å². The maximum Gasteiger partial charge on any atom is 0.325 e. The molecule has 3 heterocycles. The Hall–Kier alpha value is -3.66. The fourth-order valence-electron chi connectivity index (χ4n) is 4.25. The normalized spacial score (nSPS) is 12.6. The third-order valence-corrected chi connectivity index (χ3v) is 6.51. The molecule has 1 aliphatic heterocycles. The van der Waals surface area contributed by atoms with Gasteiger partial charge in [0.1, 0.15) is 19.2 Å². The van der Waals surface area contributed by atoms with Crippen LogP contribution in [0.2, 0.25) is 10.0 Å². The average Bonchev–Trinajstić information content (AvgIpc) is 3.38. The van der Waals surface area contributed by atoms with Crippen molar-refractivity contribution in [3.05, 3.63) is 76.5 Å². The van der Waals surface area contributed by atoms with Gasteiger partial charge in [0, 0.05) is 66.7 Å². The summed E-state index contributed by atoms with van der Waals surface area (Å²) in [5.41, 5.74) is 3.07. The zero-order chi connectivity index (χ0) is 29.1. The van der Waals surface area contributed by atoms with E-state index in [2.05, 4.69) is 21.3 Å². The number of piperazine rings is 1. The van der Waals surface area contributed by atoms with Gasteiger partial charge in [0.05, 0.1) is 12.1 Å². The Morgan fingerprint density at radius 1 is 1.07 bits per heavy atom. The van der Waals surface area contributed by atoms with Crippen LogP contribution in [0.3, 0.4) is 0 Å². The average molecular weight is 586 g/mol. The molecule has 0 aliphatic carbocycles. The number of benzene rings is 2. The molecule has 9 nitrogen and oxygen atoms in total. The first-order chi connectivity index (χ1) is 19.3. The maximum atomic E-state index is 11.7. The third kappa shape index (κ3) is 8.42. The van der Waals surface area contributed by atoms with Gasteiger partial charge < -0.3 is 24.6 Å². The van der Waals surface area contributed by atoms with Crippen molar-refractivity contribution in [3.8, 4) is 5.95 Å². The third-order valence-electron chi connectivity index (χ3n) is 6.08. The van der Waals surface area contributed by atoms with Crippen LogP contribution in [0.15, 0.2) is 60.9 Å². The van der Waals surface area contributed by atoms with Gasteiger partial charge in [0.2, 0.25) is 5.95 Å². The van der Waals surface area contributed by atoms with E-state index in [9.17, 15) is 4.79 Å². The van der Waals surface area contributed by atoms with Crippen LogP contribution in [0.25, 0.3) is 16.9 Å². The molecule has 5 rings (SSSR count). The molecule has 1 N–H and O–H groups in total. The summed E-state index contributed by atoms with van der Waals surface area (Å²) < 4.78 is 7.03. The molecule has 0 atom stereocenters. The monoisotopic (exact) mass is 584 g/mol. The zero-order valence-electron chi connectivity index (χ0n) is 22.9. The molecule has 0 unspecified atom stereocenters. The number of anilines is 2. The number of aryl methyl sites for hydroxylation is 1. The Morgan fingerprint density at radius 2 is 1.77 bits per heavy atom. The van der Waals surface area contributed by atoms with Crippen LogP contribution in [0.5, 0.6) is 0 Å². The van der Waals surface area contributed by atoms with Gasteiger partial charge in [0.25, 0.3) is 0 Å². The van der Waals surface area contributed by atoms with Crippen LogP contribution in [0, 0.1) is 6.92 Å². The number of carbonyl (C=O) groups excluding carboxylic acids is 2. The van der Waals surface area contributed by atoms with Crippen LogP contribution in [-0.4, -0.2) is 73.7 Å². The Balaban J connectivity index is 0.000000339. The van der Waals surface area contributed by atoms with E-state index in [0.717, 1.165) is 54.2 Å². The summed E-state index contributed by atoms with van der Waals surface area (Å²) in [5.74, 6) is 1.37. The molecule has 40 heavy (non-hydrogen) atoms. The Morgan fingerprint density at radius 3 is 2.42 bits per heavy atom. The lowest BCUT2D eigenvalue weighted by Gasteiger charge is -2.28. The number of hydrogen-bond acceptors (Lipinski definition) is 8. The number of likely N-dealkylation sites (N-methyl/N-ethyl adjacent to an activating group) is 1. The number of nitrogens with one attached hydrogen (secondary N) is 1. The lowest BCUT2D eigenvalue weighted by Crippen LogP contribution is -2.44. The highest BCUT2D eigenvalue weighted by Gasteiger charge is 2.15. The fraction of sp³-hybridized carbons (Fsp3) is 0.310. The van der Waals surface area contributed by atoms with E-state index in [0.29, 0.717) is 22.6 Å². The predicted molar refractivity (Wildman–Crippen MR) is 162 cm³/mol. The van der Waals surface area contributed by atoms with Crippen molar-refractivity contribution in [3.63, 3.8) is 0 Å². The molecule has 1 fully saturated rings. The van der Waals surface area contributed by atoms with Crippen molar-refractivity contribution in [2.45, 2.75) is 13.8 Å². The standard InChI is InChI=1S/C21H26N6O2.C7H6Cl2.CH2O/c1-3-29-20(28)15-25(2)17-4-5-18-16(14-17)7-11-27(18)21-23-8-6-19(24-21)26-12-9-22-10-13-26;1-5-2-6(8)4-7(9)3-5;1-2/h4-8,11,14,22H,3,9-10,12-13,15H2,1-2H3;2-4H,1H3;1H2. The number of halogens is 2. The first kappa shape index (κ1) is 30.9. The van der Waals surface area contributed by atoms with Crippen molar-refractivity contribution in [2.24, 2.45) is 0 Å². The minimum Gasteiger partial charge on any atom is -0.465 e. The molecule has 212 valence electrons. The minimum absolute atomic E-state index is 0.218. The van der Waals surface area contributed by atoms with Gasteiger partial charge >= 0.3 is 5.97 Å². The van der Waals surface area contributed by atoms with Crippen molar-refractivity contribution >= 4 is 58.4 Å². The molecule has 2 aromatic carbocycles. The van der Waals surface area contributed by atoms with Crippen LogP contribution in [-0.2, 0) is 14.3 Å². The van der Waals surface area contributed by atoms with Gasteiger partial charge in [-0.3, -0.25) is 9.36 Å². The number of carbonyl (C=O) groups is 2. The number of hydrogen-bond donors (Lipinski definition) is 1. The Labute approximate surface area is 244 Å². The second-order valence-electron chi connectivity index (χ2n) is 8.99. The van der Waals surface area contributed by atoms with E-state index >= 15 is 0 Å². The van der Waals surface area contributed by atoms with Crippen LogP contribution in [0.1, 0.15) is 12.5 Å². The quantitative estimate of drug-likeness (QED) is 0.318. The van der Waals surface area contributed by atoms with E-state index in [1.807, 2.05) is 85.9 Å². The molecule has 0 spiro atoms. The lowest BCUT2D eigenvalue weighted by molar-refractivity contribution is -0.141. The predicted octanol–water partition coefficient (Wildman–Crippen LogP) is 4.95. The van der Waals surface area contributed by atoms with Gasteiger partial charge in [-0.1, -0.05) is 23.2 Å². The van der Waals surface area contributed by atoms with Gasteiger partial charge in [-0.05, 0) is 67.9 Å². The maximum absolute atomic E-state index is 11.7. The number of ether oxygens (including phenoxy) is 1. The minimum atomic E-state index is -0.231. The van der Waals surface area contributed by atoms with E-state index in [1.165, 1.54) is 0 Å². The smallest absolute Gasteiger partial charge is 0.325 e. The summed E-state index contributed by atoms with van der Waals surface area (Å²) in [7, 11) is 1.88. The molecule has 1 aliphatic rings. The van der Waals surface area contributed by atoms with Crippen molar-refractivity contribution in [2.75, 3.05) is 56.2 Å². The molecule has 4 aromatic rings. The first-order valence-corrected chi connectivity index (χ1v) is 13.6. The van der Waals surface area contributed by atoms with Crippen molar-refractivity contribution < 1.29 is 14.3 Å². The molecular weight excluding hydrogens is 551 g/mol. The lowest BCUT2D eigenvalue weighted by atomic mass is 10.2. The summed E-state index contributed by atoms with van der Waals surface area (Å²) in [6.07, 6.45) is 3.80. The van der Waals surface area contributed by atoms with Gasteiger partial charge in [0.15, 0.2) is 0 Å². The second-order valence-corrected chi connectivity index (χ2v) is 9.86. The van der Waals surface area contributed by atoms with E-state index in [1.54, 1.807) is 6.07 Å². The number of rotatable bonds is 6. The molecule has 0 radical (unpaired) electrons. The Bertz CT molecular complexity index is 1360. The number of aromatic nitrogens is 3. The van der Waals surface area contributed by atoms with Gasteiger partial charge in [-0.2, -0.15) is 4.98 Å². The van der Waals surface area contributed by atoms with E-state index in [-0.39, 0.29) is 12.5 Å². The Kier molecular flexibility index (Phi) is 11.7. The largest absolute Gasteiger partial charge is 0.465 e. The summed E-state index contributed by atoms with van der Waals surface area (Å²) in [5, 5.41) is 5.81. The second kappa shape index (κ2) is 15.2. The molecule has 11 heteroatoms. The van der Waals surface area contributed by atoms with Gasteiger partial charge in [-0.25, -0.2) is 4.98 Å². The van der Waals surface area contributed by atoms with Crippen molar-refractivity contribution in [1.29, 1.82) is 0 Å². The molecule has 0 bridgehead atoms. The summed E-state index contributed by atoms with van der Waals surface area (Å²) in [6.45, 7) is 10.2. The number of esters is 1. The van der Waals surface area contributed by atoms with E-state index in [4.69, 9.17) is 37.7 Å². The van der Waals surface area contributed by atoms with Crippen LogP contribution < -0.4 is 15.1 Å². The molecule has 0 amide bonds. The molecule has 1 saturated heterocycles. The fourth-order valence-corrected chi connectivity index (χ4v) is 4.89. The van der Waals surface area contributed by atoms with Crippen molar-refractivity contribution in [1.82, 2.24) is 19.9 Å². The molecule has 2 aromatic heterocycles. The van der Waals surface area contributed by atoms with Crippen LogP contribution in [0.4, 0.5) is 11.5 Å². The molecule has 0 saturated carbocycles.